The molecular weight excluding hydrogens is 1580 g/mol. The minimum Gasteiger partial charge on any atom is -0.508 e. The third-order valence-electron chi connectivity index (χ3n) is 21.3. The molecule has 3 heterocycles. The highest BCUT2D eigenvalue weighted by atomic mass is 16.4. The van der Waals surface area contributed by atoms with Crippen molar-refractivity contribution in [1.29, 1.82) is 0 Å². The molecule has 122 heavy (non-hydrogen) atoms. The molecule has 10 atom stereocenters. The number of ketones is 3. The lowest BCUT2D eigenvalue weighted by Gasteiger charge is -2.35. The van der Waals surface area contributed by atoms with Crippen LogP contribution in [-0.4, -0.2) is 250 Å². The fourth-order valence-electron chi connectivity index (χ4n) is 15.1. The van der Waals surface area contributed by atoms with E-state index in [1.54, 1.807) is 63.2 Å². The van der Waals surface area contributed by atoms with E-state index in [1.807, 2.05) is 27.7 Å². The topological polar surface area (TPSA) is 569 Å². The molecule has 2 saturated heterocycles. The van der Waals surface area contributed by atoms with Crippen LogP contribution < -0.4 is 65.5 Å². The number of hydrogen-bond donors (Lipinski definition) is 14. The minimum atomic E-state index is -1.24. The Morgan fingerprint density at radius 1 is 0.541 bits per heavy atom. The number of hydrogen-bond acceptors (Lipinski definition) is 20. The number of likely N-dealkylation sites (N-methyl/N-ethyl adjacent to an activating group) is 1. The number of phenols is 1. The molecule has 18 N–H and O–H groups in total. The maximum absolute atomic E-state index is 15.2. The summed E-state index contributed by atoms with van der Waals surface area (Å²) in [5.74, 6) is -14.2. The number of nitrogens with zero attached hydrogens (tertiary/aromatic N) is 6. The van der Waals surface area contributed by atoms with Gasteiger partial charge >= 0.3 is 5.97 Å². The summed E-state index contributed by atoms with van der Waals surface area (Å²) < 4.78 is 0. The predicted octanol–water partition coefficient (Wildman–Crippen LogP) is 0.732. The Morgan fingerprint density at radius 2 is 1.10 bits per heavy atom. The number of likely N-dealkylation sites (tertiary alicyclic amines) is 2. The van der Waals surface area contributed by atoms with Gasteiger partial charge in [0.25, 0.3) is 11.8 Å². The quantitative estimate of drug-likeness (QED) is 0.0188. The van der Waals surface area contributed by atoms with Crippen LogP contribution in [0.15, 0.2) is 76.7 Å². The number of nitrogens with two attached hydrogens (primary N) is 4. The van der Waals surface area contributed by atoms with Crippen molar-refractivity contribution in [3.05, 3.63) is 77.9 Å². The molecule has 37 nitrogen and oxygen atoms in total. The fraction of sp³-hybridized carbons (Fsp3) is 0.612. The lowest BCUT2D eigenvalue weighted by atomic mass is 9.80. The van der Waals surface area contributed by atoms with Gasteiger partial charge in [-0.15, -0.1) is 0 Å². The number of guanidine groups is 2. The van der Waals surface area contributed by atoms with E-state index in [9.17, 15) is 82.1 Å². The average molecular weight is 1710 g/mol. The number of unbranched alkanes of at least 4 members (excludes halogenated alkanes) is 1. The zero-order valence-electron chi connectivity index (χ0n) is 71.8. The Bertz CT molecular complexity index is 4050. The number of nitrogens with one attached hydrogen (secondary N) is 8. The second-order valence-corrected chi connectivity index (χ2v) is 33.4. The number of aliphatic carboxylic acids is 1. The largest absolute Gasteiger partial charge is 0.508 e. The standard InChI is InChI=1S/C85H128N18O19/c1-51(2)42-58(82(121)122)48-68(108)75(85(6,7)8)99-76(115)57(44-55-27-29-59(105)30-28-55)47-67(107)64-25-17-39-101(64)79(118)56(22-15-36-92-83(86)87)46-66(106)63(24-16-37-93-84(88)89)100(9)81(120)65-26-18-40-102(65)80(119)60(96-53(5)104)23-13-14-35-90-69(109)31-32-70(110)94-50-72(112)97-62(45-54-20-11-10-12-21-54)78(117)98-61(43-52(3)4)77(116)95-49-71(111)91-38-19-41-103-73(113)33-34-74(103)114/h10-12,20-21,27-30,33-34,51-52,56-58,60-65,75,105H,13-19,22-26,31-32,35-50H2,1-9H3,(H,90,109)(H,91,111)(H,94,110)(H,95,116)(H,96,104)(H,97,112)(H,98,117)(H,99,115)(H,121,122)(H4,86,87,92)(H4,88,89,93)/t56-,57-,58-,60+,61+,62+,63+,64+,65+,75-/m1/s1. The number of carbonyl (C=O) groups excluding carboxylic acids is 16. The third-order valence-corrected chi connectivity index (χ3v) is 21.3. The van der Waals surface area contributed by atoms with Crippen molar-refractivity contribution in [3.63, 3.8) is 0 Å². The van der Waals surface area contributed by atoms with Gasteiger partial charge in [0.05, 0.1) is 37.1 Å². The Labute approximate surface area is 712 Å². The smallest absolute Gasteiger partial charge is 0.306 e. The minimum absolute atomic E-state index is 0.00150. The maximum Gasteiger partial charge on any atom is 0.306 e. The van der Waals surface area contributed by atoms with Crippen LogP contribution in [0, 0.1) is 35.0 Å². The summed E-state index contributed by atoms with van der Waals surface area (Å²) in [7, 11) is 1.42. The maximum atomic E-state index is 15.2. The number of imide groups is 1. The van der Waals surface area contributed by atoms with Crippen LogP contribution >= 0.6 is 0 Å². The monoisotopic (exact) mass is 1700 g/mol. The van der Waals surface area contributed by atoms with E-state index in [4.69, 9.17) is 22.9 Å². The van der Waals surface area contributed by atoms with Gasteiger partial charge in [-0.3, -0.25) is 96.4 Å². The van der Waals surface area contributed by atoms with Gasteiger partial charge in [0.1, 0.15) is 29.9 Å². The molecule has 37 heteroatoms. The number of carbonyl (C=O) groups is 17. The third kappa shape index (κ3) is 34.8. The van der Waals surface area contributed by atoms with Gasteiger partial charge in [-0.2, -0.15) is 0 Å². The molecule has 3 aliphatic heterocycles. The van der Waals surface area contributed by atoms with Gasteiger partial charge in [-0.25, -0.2) is 0 Å². The highest BCUT2D eigenvalue weighted by molar-refractivity contribution is 6.13. The van der Waals surface area contributed by atoms with Gasteiger partial charge in [0.2, 0.25) is 65.0 Å². The molecule has 0 unspecified atom stereocenters. The van der Waals surface area contributed by atoms with Gasteiger partial charge in [-0.1, -0.05) is 90.9 Å². The molecule has 0 radical (unpaired) electrons. The van der Waals surface area contributed by atoms with Gasteiger partial charge in [0.15, 0.2) is 29.3 Å². The van der Waals surface area contributed by atoms with Gasteiger partial charge in [0, 0.05) is 122 Å². The van der Waals surface area contributed by atoms with E-state index in [1.165, 1.54) is 40.8 Å². The number of Topliss-reactive ketones (excluding diaryl/α,β-unsaturated/α-hetero) is 3. The number of carboxylic acid groups (broad SMARTS) is 1. The summed E-state index contributed by atoms with van der Waals surface area (Å²) in [4.78, 5) is 245. The van der Waals surface area contributed by atoms with Gasteiger partial charge in [-0.05, 0) is 137 Å². The molecule has 2 fully saturated rings. The summed E-state index contributed by atoms with van der Waals surface area (Å²) >= 11 is 0. The molecule has 2 aromatic rings. The molecule has 2 aromatic carbocycles. The van der Waals surface area contributed by atoms with Crippen molar-refractivity contribution in [2.24, 2.45) is 67.9 Å². The van der Waals surface area contributed by atoms with Gasteiger partial charge < -0.3 is 90.4 Å². The van der Waals surface area contributed by atoms with Crippen LogP contribution in [0.25, 0.3) is 0 Å². The molecular formula is C85H128N18O19. The number of aromatic hydroxyl groups is 1. The van der Waals surface area contributed by atoms with E-state index < -0.39 is 192 Å². The predicted molar refractivity (Wildman–Crippen MR) is 452 cm³/mol. The highest BCUT2D eigenvalue weighted by Gasteiger charge is 2.45. The number of carboxylic acids is 1. The summed E-state index contributed by atoms with van der Waals surface area (Å²) in [6, 6.07) is 6.71. The number of aliphatic imine (C=N–C) groups is 2. The van der Waals surface area contributed by atoms with Crippen molar-refractivity contribution >= 4 is 112 Å². The van der Waals surface area contributed by atoms with Crippen LogP contribution in [0.2, 0.25) is 0 Å². The first-order valence-corrected chi connectivity index (χ1v) is 42.0. The van der Waals surface area contributed by atoms with Crippen molar-refractivity contribution in [2.45, 2.75) is 233 Å². The summed E-state index contributed by atoms with van der Waals surface area (Å²) in [6.45, 7) is 13.4. The van der Waals surface area contributed by atoms with Crippen LogP contribution in [-0.2, 0) is 94.3 Å². The summed E-state index contributed by atoms with van der Waals surface area (Å²) in [5.41, 5.74) is 23.0. The first-order valence-electron chi connectivity index (χ1n) is 42.0. The second kappa shape index (κ2) is 50.5. The Kier molecular flexibility index (Phi) is 41.8. The fourth-order valence-corrected chi connectivity index (χ4v) is 15.1. The molecule has 3 aliphatic rings. The molecule has 672 valence electrons. The lowest BCUT2D eigenvalue weighted by molar-refractivity contribution is -0.148. The van der Waals surface area contributed by atoms with E-state index in [2.05, 4.69) is 52.5 Å². The molecule has 0 spiro atoms. The van der Waals surface area contributed by atoms with Crippen molar-refractivity contribution in [2.75, 3.05) is 66.0 Å². The van der Waals surface area contributed by atoms with Crippen LogP contribution in [0.4, 0.5) is 0 Å². The van der Waals surface area contributed by atoms with Crippen molar-refractivity contribution < 1.29 is 91.7 Å². The molecule has 5 rings (SSSR count). The highest BCUT2D eigenvalue weighted by Crippen LogP contribution is 2.32. The van der Waals surface area contributed by atoms with E-state index in [0.29, 0.717) is 30.4 Å². The zero-order chi connectivity index (χ0) is 90.5. The van der Waals surface area contributed by atoms with E-state index in [0.717, 1.165) is 17.1 Å². The first-order chi connectivity index (χ1) is 57.6. The second-order valence-electron chi connectivity index (χ2n) is 33.4. The first kappa shape index (κ1) is 101. The summed E-state index contributed by atoms with van der Waals surface area (Å²) in [5, 5.41) is 41.4. The molecule has 0 bridgehead atoms. The molecule has 0 aromatic heterocycles. The number of amides is 13. The van der Waals surface area contributed by atoms with E-state index >= 15 is 9.59 Å². The zero-order valence-corrected chi connectivity index (χ0v) is 71.8. The average Bonchev–Trinajstić information content (AvgIpc) is 1.55. The Hall–Kier alpha value is -11.7. The summed E-state index contributed by atoms with van der Waals surface area (Å²) in [6.07, 6.45) is 3.34. The number of phenolic OH excluding ortho intramolecular Hbond substituents is 1. The Morgan fingerprint density at radius 3 is 1.69 bits per heavy atom. The van der Waals surface area contributed by atoms with E-state index in [-0.39, 0.29) is 178 Å². The van der Waals surface area contributed by atoms with Crippen LogP contribution in [0.1, 0.15) is 189 Å². The molecule has 13 amide bonds. The van der Waals surface area contributed by atoms with Crippen molar-refractivity contribution in [3.8, 4) is 5.75 Å². The van der Waals surface area contributed by atoms with Crippen LogP contribution in [0.3, 0.4) is 0 Å². The Balaban J connectivity index is 1.20. The SMILES string of the molecule is CC(=O)N[C@@H](CCCCNC(=O)CCC(=O)NCC(=O)N[C@@H](Cc1ccccc1)C(=O)N[C@@H](CC(C)C)C(=O)NCC(=O)NCCCN1C(=O)C=CC1=O)C(=O)N1CCC[C@H]1C(=O)N(C)[C@@H](CCCN=C(N)N)C(=O)C[C@@H](CCCN=C(N)N)C(=O)N1CCC[C@H]1C(=O)C[C@@H](Cc1ccc(O)cc1)C(=O)N[C@H](C(=O)C[C@@H](CC(C)C)C(=O)O)C(C)(C)C. The normalized spacial score (nSPS) is 16.4. The van der Waals surface area contributed by atoms with Crippen molar-refractivity contribution in [1.82, 2.24) is 62.1 Å². The molecule has 0 saturated carbocycles. The molecule has 0 aliphatic carbocycles. The number of benzene rings is 2. The lowest BCUT2D eigenvalue weighted by Crippen LogP contribution is -2.56. The number of rotatable bonds is 53. The van der Waals surface area contributed by atoms with Crippen LogP contribution in [0.5, 0.6) is 5.75 Å².